The summed E-state index contributed by atoms with van der Waals surface area (Å²) in [6.45, 7) is 7.03. The van der Waals surface area contributed by atoms with Gasteiger partial charge in [-0.2, -0.15) is 0 Å². The standard InChI is InChI=1S/C21H29NO2.ClH/c1-16-12-13-22(17(16)2)14-15-24-21(23)20(19-10-6-7-11-19)18-8-4-3-5-9-18;/h3-6,8-10,16-17,19-20H,7,11-15H2,1-2H3;1H. The molecule has 4 unspecified atom stereocenters. The zero-order valence-electron chi connectivity index (χ0n) is 15.3. The Hall–Kier alpha value is -1.32. The molecule has 0 aromatic heterocycles. The summed E-state index contributed by atoms with van der Waals surface area (Å²) in [6.07, 6.45) is 7.71. The highest BCUT2D eigenvalue weighted by Crippen LogP contribution is 2.34. The maximum Gasteiger partial charge on any atom is 0.314 e. The topological polar surface area (TPSA) is 29.5 Å². The summed E-state index contributed by atoms with van der Waals surface area (Å²) in [5.74, 6) is 0.768. The number of esters is 1. The van der Waals surface area contributed by atoms with Crippen LogP contribution in [-0.2, 0) is 9.53 Å². The minimum absolute atomic E-state index is 0. The number of halogens is 1. The lowest BCUT2D eigenvalue weighted by molar-refractivity contribution is -0.147. The van der Waals surface area contributed by atoms with Gasteiger partial charge in [0.2, 0.25) is 0 Å². The first-order valence-corrected chi connectivity index (χ1v) is 9.29. The van der Waals surface area contributed by atoms with Crippen molar-refractivity contribution < 1.29 is 9.53 Å². The van der Waals surface area contributed by atoms with Crippen LogP contribution < -0.4 is 0 Å². The SMILES string of the molecule is CC1CCN(CCOC(=O)C(c2ccccc2)C2C=CCC2)C1C.Cl. The number of carbonyl (C=O) groups excluding carboxylic acids is 1. The number of nitrogens with zero attached hydrogens (tertiary/aromatic N) is 1. The quantitative estimate of drug-likeness (QED) is 0.553. The number of hydrogen-bond donors (Lipinski definition) is 0. The van der Waals surface area contributed by atoms with Crippen LogP contribution >= 0.6 is 12.4 Å². The van der Waals surface area contributed by atoms with Gasteiger partial charge in [-0.15, -0.1) is 12.4 Å². The van der Waals surface area contributed by atoms with E-state index in [9.17, 15) is 4.79 Å². The summed E-state index contributed by atoms with van der Waals surface area (Å²) < 4.78 is 5.70. The Balaban J connectivity index is 0.00000225. The van der Waals surface area contributed by atoms with Crippen molar-refractivity contribution >= 4 is 18.4 Å². The van der Waals surface area contributed by atoms with E-state index in [1.165, 1.54) is 6.42 Å². The number of ether oxygens (including phenoxy) is 1. The van der Waals surface area contributed by atoms with Gasteiger partial charge >= 0.3 is 5.97 Å². The van der Waals surface area contributed by atoms with Crippen molar-refractivity contribution in [1.29, 1.82) is 0 Å². The van der Waals surface area contributed by atoms with Gasteiger partial charge in [0.15, 0.2) is 0 Å². The van der Waals surface area contributed by atoms with Crippen LogP contribution in [0.3, 0.4) is 0 Å². The number of rotatable bonds is 6. The molecule has 1 aromatic carbocycles. The number of carbonyl (C=O) groups is 1. The molecule has 1 saturated heterocycles. The number of allylic oxidation sites excluding steroid dienone is 2. The van der Waals surface area contributed by atoms with Crippen LogP contribution in [0.4, 0.5) is 0 Å². The molecular formula is C21H30ClNO2. The summed E-state index contributed by atoms with van der Waals surface area (Å²) in [4.78, 5) is 15.2. The van der Waals surface area contributed by atoms with Crippen molar-refractivity contribution in [2.75, 3.05) is 19.7 Å². The van der Waals surface area contributed by atoms with Gasteiger partial charge < -0.3 is 4.74 Å². The van der Waals surface area contributed by atoms with Crippen LogP contribution in [0.25, 0.3) is 0 Å². The lowest BCUT2D eigenvalue weighted by Gasteiger charge is -2.25. The van der Waals surface area contributed by atoms with E-state index in [0.717, 1.165) is 37.4 Å². The molecule has 0 saturated carbocycles. The molecule has 138 valence electrons. The average molecular weight is 364 g/mol. The molecule has 0 amide bonds. The summed E-state index contributed by atoms with van der Waals surface area (Å²) >= 11 is 0. The fourth-order valence-corrected chi connectivity index (χ4v) is 4.00. The van der Waals surface area contributed by atoms with Crippen molar-refractivity contribution in [2.24, 2.45) is 11.8 Å². The molecule has 3 nitrogen and oxygen atoms in total. The minimum atomic E-state index is -0.167. The van der Waals surface area contributed by atoms with Gasteiger partial charge in [-0.05, 0) is 50.1 Å². The largest absolute Gasteiger partial charge is 0.464 e. The van der Waals surface area contributed by atoms with E-state index < -0.39 is 0 Å². The van der Waals surface area contributed by atoms with Crippen LogP contribution in [0.1, 0.15) is 44.6 Å². The van der Waals surface area contributed by atoms with Gasteiger partial charge in [-0.1, -0.05) is 49.4 Å². The third-order valence-corrected chi connectivity index (χ3v) is 5.78. The molecule has 1 fully saturated rings. The molecule has 1 heterocycles. The maximum atomic E-state index is 12.8. The van der Waals surface area contributed by atoms with Gasteiger partial charge in [0.1, 0.15) is 6.61 Å². The van der Waals surface area contributed by atoms with E-state index in [2.05, 4.69) is 30.9 Å². The molecule has 1 aromatic rings. The Morgan fingerprint density at radius 2 is 2.00 bits per heavy atom. The molecule has 4 atom stereocenters. The van der Waals surface area contributed by atoms with E-state index in [4.69, 9.17) is 4.74 Å². The van der Waals surface area contributed by atoms with Crippen molar-refractivity contribution in [2.45, 2.75) is 45.1 Å². The first kappa shape index (κ1) is 20.0. The third-order valence-electron chi connectivity index (χ3n) is 5.78. The predicted molar refractivity (Wildman–Crippen MR) is 104 cm³/mol. The zero-order chi connectivity index (χ0) is 16.9. The zero-order valence-corrected chi connectivity index (χ0v) is 16.1. The van der Waals surface area contributed by atoms with Gasteiger partial charge in [0, 0.05) is 12.6 Å². The third kappa shape index (κ3) is 4.86. The lowest BCUT2D eigenvalue weighted by Crippen LogP contribution is -2.33. The summed E-state index contributed by atoms with van der Waals surface area (Å²) in [7, 11) is 0. The monoisotopic (exact) mass is 363 g/mol. The van der Waals surface area contributed by atoms with Gasteiger partial charge in [-0.3, -0.25) is 9.69 Å². The highest BCUT2D eigenvalue weighted by Gasteiger charge is 2.31. The Kier molecular flexibility index (Phi) is 7.52. The van der Waals surface area contributed by atoms with Crippen molar-refractivity contribution in [3.05, 3.63) is 48.0 Å². The second-order valence-corrected chi connectivity index (χ2v) is 7.27. The Bertz CT molecular complexity index is 575. The first-order valence-electron chi connectivity index (χ1n) is 9.29. The minimum Gasteiger partial charge on any atom is -0.464 e. The van der Waals surface area contributed by atoms with Gasteiger partial charge in [-0.25, -0.2) is 0 Å². The average Bonchev–Trinajstić information content (AvgIpc) is 3.22. The van der Waals surface area contributed by atoms with Gasteiger partial charge in [0.05, 0.1) is 5.92 Å². The van der Waals surface area contributed by atoms with Crippen molar-refractivity contribution in [3.8, 4) is 0 Å². The van der Waals surface area contributed by atoms with Crippen LogP contribution in [0.2, 0.25) is 0 Å². The normalized spacial score (nSPS) is 27.0. The Morgan fingerprint density at radius 1 is 1.24 bits per heavy atom. The summed E-state index contributed by atoms with van der Waals surface area (Å²) in [6, 6.07) is 10.7. The maximum absolute atomic E-state index is 12.8. The van der Waals surface area contributed by atoms with Crippen LogP contribution in [0.5, 0.6) is 0 Å². The number of benzene rings is 1. The summed E-state index contributed by atoms with van der Waals surface area (Å²) in [5, 5.41) is 0. The molecule has 1 aliphatic heterocycles. The molecule has 0 radical (unpaired) electrons. The van der Waals surface area contributed by atoms with E-state index in [-0.39, 0.29) is 30.2 Å². The number of likely N-dealkylation sites (tertiary alicyclic amines) is 1. The Morgan fingerprint density at radius 3 is 2.60 bits per heavy atom. The van der Waals surface area contributed by atoms with E-state index in [1.54, 1.807) is 0 Å². The fraction of sp³-hybridized carbons (Fsp3) is 0.571. The molecule has 0 N–H and O–H groups in total. The molecule has 1 aliphatic carbocycles. The Labute approximate surface area is 157 Å². The second-order valence-electron chi connectivity index (χ2n) is 7.27. The molecule has 25 heavy (non-hydrogen) atoms. The predicted octanol–water partition coefficient (Wildman–Crippen LogP) is 4.43. The second kappa shape index (κ2) is 9.40. The van der Waals surface area contributed by atoms with Crippen molar-refractivity contribution in [1.82, 2.24) is 4.90 Å². The molecule has 4 heteroatoms. The van der Waals surface area contributed by atoms with Crippen LogP contribution in [-0.4, -0.2) is 36.6 Å². The summed E-state index contributed by atoms with van der Waals surface area (Å²) in [5.41, 5.74) is 1.07. The number of hydrogen-bond acceptors (Lipinski definition) is 3. The lowest BCUT2D eigenvalue weighted by atomic mass is 9.85. The first-order chi connectivity index (χ1) is 11.7. The molecule has 2 aliphatic rings. The van der Waals surface area contributed by atoms with E-state index in [0.29, 0.717) is 12.6 Å². The molecule has 0 bridgehead atoms. The van der Waals surface area contributed by atoms with Crippen LogP contribution in [0, 0.1) is 11.8 Å². The molecule has 3 rings (SSSR count). The van der Waals surface area contributed by atoms with E-state index >= 15 is 0 Å². The smallest absolute Gasteiger partial charge is 0.314 e. The van der Waals surface area contributed by atoms with Crippen molar-refractivity contribution in [3.63, 3.8) is 0 Å². The highest BCUT2D eigenvalue weighted by atomic mass is 35.5. The molecular weight excluding hydrogens is 334 g/mol. The molecule has 0 spiro atoms. The van der Waals surface area contributed by atoms with Crippen LogP contribution in [0.15, 0.2) is 42.5 Å². The highest BCUT2D eigenvalue weighted by molar-refractivity contribution is 5.85. The van der Waals surface area contributed by atoms with Gasteiger partial charge in [0.25, 0.3) is 0 Å². The fourth-order valence-electron chi connectivity index (χ4n) is 4.00. The van der Waals surface area contributed by atoms with E-state index in [1.807, 2.05) is 30.3 Å².